The van der Waals surface area contributed by atoms with Crippen molar-refractivity contribution in [3.63, 3.8) is 0 Å². The number of benzene rings is 1. The van der Waals surface area contributed by atoms with E-state index >= 15 is 0 Å². The molecule has 1 aromatic heterocycles. The average Bonchev–Trinajstić information content (AvgIpc) is 2.88. The Bertz CT molecular complexity index is 769. The Kier molecular flexibility index (Phi) is 6.53. The molecule has 2 heterocycles. The van der Waals surface area contributed by atoms with Crippen molar-refractivity contribution >= 4 is 18.3 Å². The average molecular weight is 376 g/mol. The van der Waals surface area contributed by atoms with Crippen molar-refractivity contribution < 1.29 is 4.79 Å². The maximum Gasteiger partial charge on any atom is 0.255 e. The molecule has 1 N–H and O–H groups in total. The highest BCUT2D eigenvalue weighted by atomic mass is 35.5. The van der Waals surface area contributed by atoms with Crippen LogP contribution in [0.5, 0.6) is 0 Å². The van der Waals surface area contributed by atoms with Crippen LogP contribution in [-0.2, 0) is 0 Å². The molecule has 0 radical (unpaired) electrons. The van der Waals surface area contributed by atoms with E-state index in [2.05, 4.69) is 55.8 Å². The largest absolute Gasteiger partial charge is 0.338 e. The van der Waals surface area contributed by atoms with E-state index in [4.69, 9.17) is 0 Å². The number of nitrogens with zero attached hydrogens (tertiary/aromatic N) is 2. The predicted octanol–water partition coefficient (Wildman–Crippen LogP) is 3.96. The number of amides is 1. The molecular weight excluding hydrogens is 346 g/mol. The van der Waals surface area contributed by atoms with Gasteiger partial charge in [-0.15, -0.1) is 12.4 Å². The van der Waals surface area contributed by atoms with Crippen molar-refractivity contribution in [3.05, 3.63) is 52.3 Å². The van der Waals surface area contributed by atoms with Crippen LogP contribution in [0.4, 0.5) is 0 Å². The highest BCUT2D eigenvalue weighted by Gasteiger charge is 2.25. The first-order valence-electron chi connectivity index (χ1n) is 9.15. The van der Waals surface area contributed by atoms with E-state index in [9.17, 15) is 4.79 Å². The number of likely N-dealkylation sites (tertiary alicyclic amines) is 1. The summed E-state index contributed by atoms with van der Waals surface area (Å²) in [6.45, 7) is 10.0. The number of rotatable bonds is 3. The minimum absolute atomic E-state index is 0. The van der Waals surface area contributed by atoms with Crippen LogP contribution >= 0.6 is 12.4 Å². The standard InChI is InChI=1S/C21H29N3O.ClH/c1-14-10-15(2)12-19(11-14)24-16(3)13-20(17(24)4)21(25)23-8-6-18(22-5)7-9-23;/h10-13,18,22H,6-9H2,1-5H3;1H. The third-order valence-electron chi connectivity index (χ3n) is 5.32. The van der Waals surface area contributed by atoms with E-state index in [0.29, 0.717) is 6.04 Å². The molecule has 0 aliphatic carbocycles. The first-order valence-corrected chi connectivity index (χ1v) is 9.15. The number of aromatic nitrogens is 1. The number of hydrogen-bond acceptors (Lipinski definition) is 2. The monoisotopic (exact) mass is 375 g/mol. The van der Waals surface area contributed by atoms with Gasteiger partial charge in [-0.25, -0.2) is 0 Å². The van der Waals surface area contributed by atoms with Crippen LogP contribution in [0.15, 0.2) is 24.3 Å². The fraction of sp³-hybridized carbons (Fsp3) is 0.476. The maximum absolute atomic E-state index is 13.0. The smallest absolute Gasteiger partial charge is 0.255 e. The highest BCUT2D eigenvalue weighted by molar-refractivity contribution is 5.96. The Balaban J connectivity index is 0.00000243. The molecule has 1 aliphatic rings. The summed E-state index contributed by atoms with van der Waals surface area (Å²) < 4.78 is 2.20. The molecule has 0 unspecified atom stereocenters. The fourth-order valence-electron chi connectivity index (χ4n) is 4.00. The van der Waals surface area contributed by atoms with E-state index in [1.165, 1.54) is 11.1 Å². The molecule has 1 fully saturated rings. The van der Waals surface area contributed by atoms with Crippen LogP contribution in [0.2, 0.25) is 0 Å². The van der Waals surface area contributed by atoms with Gasteiger partial charge in [0.1, 0.15) is 0 Å². The van der Waals surface area contributed by atoms with E-state index in [1.807, 2.05) is 18.0 Å². The van der Waals surface area contributed by atoms with Gasteiger partial charge in [-0.1, -0.05) is 6.07 Å². The van der Waals surface area contributed by atoms with Gasteiger partial charge in [-0.2, -0.15) is 0 Å². The molecule has 2 aromatic rings. The summed E-state index contributed by atoms with van der Waals surface area (Å²) in [5.74, 6) is 0.165. The lowest BCUT2D eigenvalue weighted by Crippen LogP contribution is -2.44. The number of carbonyl (C=O) groups excluding carboxylic acids is 1. The van der Waals surface area contributed by atoms with E-state index in [-0.39, 0.29) is 18.3 Å². The van der Waals surface area contributed by atoms with Gasteiger partial charge in [-0.05, 0) is 76.9 Å². The maximum atomic E-state index is 13.0. The molecule has 1 aliphatic heterocycles. The quantitative estimate of drug-likeness (QED) is 0.881. The van der Waals surface area contributed by atoms with Gasteiger partial charge in [0.25, 0.3) is 5.91 Å². The van der Waals surface area contributed by atoms with Crippen LogP contribution in [0.1, 0.15) is 45.7 Å². The molecule has 1 saturated heterocycles. The van der Waals surface area contributed by atoms with Gasteiger partial charge in [-0.3, -0.25) is 4.79 Å². The van der Waals surface area contributed by atoms with Gasteiger partial charge >= 0.3 is 0 Å². The second kappa shape index (κ2) is 8.28. The molecule has 1 amide bonds. The summed E-state index contributed by atoms with van der Waals surface area (Å²) in [6.07, 6.45) is 2.05. The van der Waals surface area contributed by atoms with Gasteiger partial charge in [0.2, 0.25) is 0 Å². The SMILES string of the molecule is CNC1CCN(C(=O)c2cc(C)n(-c3cc(C)cc(C)c3)c2C)CC1.Cl. The normalized spacial score (nSPS) is 15.0. The zero-order chi connectivity index (χ0) is 18.1. The molecule has 26 heavy (non-hydrogen) atoms. The van der Waals surface area contributed by atoms with Crippen molar-refractivity contribution in [2.24, 2.45) is 0 Å². The summed E-state index contributed by atoms with van der Waals surface area (Å²) in [7, 11) is 2.00. The van der Waals surface area contributed by atoms with Crippen LogP contribution in [0, 0.1) is 27.7 Å². The lowest BCUT2D eigenvalue weighted by molar-refractivity contribution is 0.0706. The summed E-state index contributed by atoms with van der Waals surface area (Å²) in [4.78, 5) is 15.0. The molecule has 0 saturated carbocycles. The van der Waals surface area contributed by atoms with Gasteiger partial charge < -0.3 is 14.8 Å². The first-order chi connectivity index (χ1) is 11.9. The molecule has 4 nitrogen and oxygen atoms in total. The number of hydrogen-bond donors (Lipinski definition) is 1. The molecule has 5 heteroatoms. The summed E-state index contributed by atoms with van der Waals surface area (Å²) >= 11 is 0. The molecule has 1 aromatic carbocycles. The zero-order valence-corrected chi connectivity index (χ0v) is 17.2. The van der Waals surface area contributed by atoms with Crippen molar-refractivity contribution in [2.45, 2.75) is 46.6 Å². The molecule has 3 rings (SSSR count). The molecular formula is C21H30ClN3O. The fourth-order valence-corrected chi connectivity index (χ4v) is 4.00. The van der Waals surface area contributed by atoms with Crippen molar-refractivity contribution in [2.75, 3.05) is 20.1 Å². The lowest BCUT2D eigenvalue weighted by atomic mass is 10.0. The first kappa shape index (κ1) is 20.5. The number of piperidine rings is 1. The predicted molar refractivity (Wildman–Crippen MR) is 110 cm³/mol. The third kappa shape index (κ3) is 3.97. The third-order valence-corrected chi connectivity index (χ3v) is 5.32. The Hall–Kier alpha value is -1.78. The van der Waals surface area contributed by atoms with Crippen molar-refractivity contribution in [1.82, 2.24) is 14.8 Å². The van der Waals surface area contributed by atoms with Crippen molar-refractivity contribution in [3.8, 4) is 5.69 Å². The Morgan fingerprint density at radius 3 is 2.12 bits per heavy atom. The van der Waals surface area contributed by atoms with Crippen LogP contribution in [0.25, 0.3) is 5.69 Å². The highest BCUT2D eigenvalue weighted by Crippen LogP contribution is 2.24. The minimum atomic E-state index is 0. The van der Waals surface area contributed by atoms with Gasteiger partial charge in [0.15, 0.2) is 0 Å². The number of halogens is 1. The number of aryl methyl sites for hydroxylation is 3. The number of nitrogens with one attached hydrogen (secondary N) is 1. The summed E-state index contributed by atoms with van der Waals surface area (Å²) in [5.41, 5.74) is 6.59. The second-order valence-corrected chi connectivity index (χ2v) is 7.32. The number of carbonyl (C=O) groups is 1. The Labute approximate surface area is 163 Å². The Morgan fingerprint density at radius 2 is 1.58 bits per heavy atom. The molecule has 142 valence electrons. The Morgan fingerprint density at radius 1 is 1.00 bits per heavy atom. The zero-order valence-electron chi connectivity index (χ0n) is 16.4. The van der Waals surface area contributed by atoms with Gasteiger partial charge in [0.05, 0.1) is 5.56 Å². The molecule has 0 bridgehead atoms. The van der Waals surface area contributed by atoms with Crippen LogP contribution < -0.4 is 5.32 Å². The summed E-state index contributed by atoms with van der Waals surface area (Å²) in [5, 5.41) is 3.32. The second-order valence-electron chi connectivity index (χ2n) is 7.32. The van der Waals surface area contributed by atoms with E-state index < -0.39 is 0 Å². The van der Waals surface area contributed by atoms with Crippen molar-refractivity contribution in [1.29, 1.82) is 0 Å². The van der Waals surface area contributed by atoms with E-state index in [0.717, 1.165) is 48.6 Å². The molecule has 0 atom stereocenters. The van der Waals surface area contributed by atoms with Crippen LogP contribution in [-0.4, -0.2) is 41.6 Å². The minimum Gasteiger partial charge on any atom is -0.338 e. The lowest BCUT2D eigenvalue weighted by Gasteiger charge is -2.31. The molecule has 0 spiro atoms. The van der Waals surface area contributed by atoms with Crippen LogP contribution in [0.3, 0.4) is 0 Å². The van der Waals surface area contributed by atoms with E-state index in [1.54, 1.807) is 0 Å². The topological polar surface area (TPSA) is 37.3 Å². The summed E-state index contributed by atoms with van der Waals surface area (Å²) in [6, 6.07) is 9.11. The van der Waals surface area contributed by atoms with Gasteiger partial charge in [0, 0.05) is 36.2 Å².